The minimum absolute atomic E-state index is 0.0850. The first-order valence-corrected chi connectivity index (χ1v) is 13.2. The number of ether oxygens (including phenoxy) is 1. The van der Waals surface area contributed by atoms with Crippen LogP contribution in [-0.2, 0) is 9.53 Å². The highest BCUT2D eigenvalue weighted by molar-refractivity contribution is 7.11. The molecule has 2 aliphatic rings. The number of aliphatic imine (C=N–C) groups is 1. The number of carboxylic acids is 1. The van der Waals surface area contributed by atoms with Crippen LogP contribution in [0.3, 0.4) is 0 Å². The number of carboxylic acid groups (broad SMARTS) is 1. The van der Waals surface area contributed by atoms with Gasteiger partial charge in [0.2, 0.25) is 5.89 Å². The summed E-state index contributed by atoms with van der Waals surface area (Å²) in [6.45, 7) is 1.75. The zero-order valence-electron chi connectivity index (χ0n) is 20.4. The lowest BCUT2D eigenvalue weighted by atomic mass is 9.82. The predicted molar refractivity (Wildman–Crippen MR) is 138 cm³/mol. The van der Waals surface area contributed by atoms with Gasteiger partial charge < -0.3 is 19.6 Å². The summed E-state index contributed by atoms with van der Waals surface area (Å²) >= 11 is 7.55. The molecule has 0 amide bonds. The number of hydrogen-bond acceptors (Lipinski definition) is 9. The van der Waals surface area contributed by atoms with Gasteiger partial charge >= 0.3 is 11.9 Å². The lowest BCUT2D eigenvalue weighted by Gasteiger charge is -2.32. The average Bonchev–Trinajstić information content (AvgIpc) is 3.65. The molecule has 0 saturated heterocycles. The Morgan fingerprint density at radius 3 is 2.79 bits per heavy atom. The van der Waals surface area contributed by atoms with Crippen molar-refractivity contribution in [3.63, 3.8) is 0 Å². The smallest absolute Gasteiger partial charge is 0.357 e. The fourth-order valence-corrected chi connectivity index (χ4v) is 5.40. The van der Waals surface area contributed by atoms with Gasteiger partial charge in [0, 0.05) is 34.3 Å². The third kappa shape index (κ3) is 5.21. The van der Waals surface area contributed by atoms with Crippen LogP contribution in [0.15, 0.2) is 56.7 Å². The fraction of sp³-hybridized carbons (Fsp3) is 0.269. The second-order valence-electron chi connectivity index (χ2n) is 8.70. The van der Waals surface area contributed by atoms with Crippen molar-refractivity contribution in [3.8, 4) is 0 Å². The second-order valence-corrected chi connectivity index (χ2v) is 9.97. The van der Waals surface area contributed by atoms with E-state index in [1.54, 1.807) is 18.5 Å². The van der Waals surface area contributed by atoms with Gasteiger partial charge in [0.1, 0.15) is 12.3 Å². The van der Waals surface area contributed by atoms with Gasteiger partial charge in [0.15, 0.2) is 28.2 Å². The summed E-state index contributed by atoms with van der Waals surface area (Å²) in [5.74, 6) is -3.87. The van der Waals surface area contributed by atoms with E-state index < -0.39 is 34.6 Å². The van der Waals surface area contributed by atoms with Crippen LogP contribution >= 0.6 is 22.9 Å². The van der Waals surface area contributed by atoms with Gasteiger partial charge in [0.05, 0.1) is 17.2 Å². The minimum atomic E-state index is -1.24. The van der Waals surface area contributed by atoms with Gasteiger partial charge in [-0.05, 0) is 32.3 Å². The van der Waals surface area contributed by atoms with Crippen LogP contribution in [0.2, 0.25) is 5.02 Å². The number of aromatic nitrogens is 2. The van der Waals surface area contributed by atoms with Crippen LogP contribution < -0.4 is 5.32 Å². The van der Waals surface area contributed by atoms with Gasteiger partial charge in [-0.1, -0.05) is 23.7 Å². The standard InChI is InChI=1S/C26H21ClF2N4O5S/c1-2-37-26(36)17-20(12-3-5-13(6-4-12)23-31-16(11-38-23)25(34)35)32-22(24-30-9-10-39-24)33-21(17)14-7-8-15(28)19(29)18(14)27/h5,7-12,21H,2-4,6H2,1H3,(H,32,33)(H,34,35). The molecular formula is C26H21ClF2N4O5S. The number of benzene rings is 1. The van der Waals surface area contributed by atoms with Crippen LogP contribution in [0.25, 0.3) is 5.57 Å². The van der Waals surface area contributed by atoms with Crippen LogP contribution in [-0.4, -0.2) is 39.5 Å². The third-order valence-electron chi connectivity index (χ3n) is 6.38. The van der Waals surface area contributed by atoms with E-state index in [2.05, 4.69) is 20.3 Å². The molecule has 5 rings (SSSR count). The molecule has 0 radical (unpaired) electrons. The highest BCUT2D eigenvalue weighted by Gasteiger charge is 2.38. The highest BCUT2D eigenvalue weighted by atomic mass is 35.5. The molecule has 202 valence electrons. The van der Waals surface area contributed by atoms with Gasteiger partial charge in [0.25, 0.3) is 0 Å². The van der Waals surface area contributed by atoms with E-state index in [1.165, 1.54) is 17.4 Å². The molecule has 1 aromatic carbocycles. The molecule has 2 N–H and O–H groups in total. The van der Waals surface area contributed by atoms with Gasteiger partial charge in [-0.2, -0.15) is 0 Å². The van der Waals surface area contributed by atoms with Crippen LogP contribution in [0.4, 0.5) is 8.78 Å². The van der Waals surface area contributed by atoms with Crippen molar-refractivity contribution in [1.82, 2.24) is 15.3 Å². The number of nitrogens with one attached hydrogen (secondary N) is 1. The molecule has 1 aliphatic carbocycles. The number of carbonyl (C=O) groups is 2. The molecular weight excluding hydrogens is 554 g/mol. The molecule has 3 heterocycles. The summed E-state index contributed by atoms with van der Waals surface area (Å²) in [6.07, 6.45) is 6.01. The maximum Gasteiger partial charge on any atom is 0.357 e. The average molecular weight is 575 g/mol. The van der Waals surface area contributed by atoms with Crippen molar-refractivity contribution < 1.29 is 32.6 Å². The summed E-state index contributed by atoms with van der Waals surface area (Å²) < 4.78 is 39.2. The largest absolute Gasteiger partial charge is 0.476 e. The summed E-state index contributed by atoms with van der Waals surface area (Å²) in [5.41, 5.74) is 1.30. The summed E-state index contributed by atoms with van der Waals surface area (Å²) in [4.78, 5) is 37.5. The van der Waals surface area contributed by atoms with E-state index in [0.717, 1.165) is 17.9 Å². The highest BCUT2D eigenvalue weighted by Crippen LogP contribution is 2.42. The van der Waals surface area contributed by atoms with Gasteiger partial charge in [-0.15, -0.1) is 11.3 Å². The van der Waals surface area contributed by atoms with Gasteiger partial charge in [-0.25, -0.2) is 28.3 Å². The Morgan fingerprint density at radius 1 is 1.33 bits per heavy atom. The molecule has 0 fully saturated rings. The number of nitrogens with zero attached hydrogens (tertiary/aromatic N) is 3. The molecule has 0 spiro atoms. The molecule has 2 unspecified atom stereocenters. The first-order chi connectivity index (χ1) is 18.8. The van der Waals surface area contributed by atoms with Crippen molar-refractivity contribution in [1.29, 1.82) is 0 Å². The van der Waals surface area contributed by atoms with Crippen LogP contribution in [0.1, 0.15) is 59.2 Å². The van der Waals surface area contributed by atoms with E-state index in [1.807, 2.05) is 6.08 Å². The molecule has 0 bridgehead atoms. The zero-order chi connectivity index (χ0) is 27.7. The molecule has 1 aliphatic heterocycles. The van der Waals surface area contributed by atoms with E-state index in [0.29, 0.717) is 35.8 Å². The molecule has 2 aromatic heterocycles. The SMILES string of the molecule is CCOC(=O)C1=C(C2CC=C(c3nc(C(=O)O)co3)CC2)NC(c2nccs2)=NC1c1ccc(F)c(F)c1Cl. The van der Waals surface area contributed by atoms with E-state index in [9.17, 15) is 18.4 Å². The Morgan fingerprint density at radius 2 is 2.15 bits per heavy atom. The maximum atomic E-state index is 14.5. The van der Waals surface area contributed by atoms with Crippen LogP contribution in [0, 0.1) is 17.6 Å². The number of oxazole rings is 1. The number of thiazole rings is 1. The number of hydrogen-bond donors (Lipinski definition) is 2. The lowest BCUT2D eigenvalue weighted by molar-refractivity contribution is -0.139. The Bertz CT molecular complexity index is 1530. The fourth-order valence-electron chi connectivity index (χ4n) is 4.56. The molecule has 9 nitrogen and oxygen atoms in total. The van der Waals surface area contributed by atoms with Crippen molar-refractivity contribution in [2.75, 3.05) is 6.61 Å². The number of carbonyl (C=O) groups excluding carboxylic acids is 1. The Balaban J connectivity index is 1.59. The summed E-state index contributed by atoms with van der Waals surface area (Å²) in [7, 11) is 0. The molecule has 3 aromatic rings. The normalized spacial score (nSPS) is 19.3. The number of rotatable bonds is 7. The predicted octanol–water partition coefficient (Wildman–Crippen LogP) is 5.55. The molecule has 39 heavy (non-hydrogen) atoms. The summed E-state index contributed by atoms with van der Waals surface area (Å²) in [6, 6.07) is 1.16. The number of allylic oxidation sites excluding steroid dienone is 3. The quantitative estimate of drug-likeness (QED) is 0.278. The van der Waals surface area contributed by atoms with Gasteiger partial charge in [-0.3, -0.25) is 4.99 Å². The summed E-state index contributed by atoms with van der Waals surface area (Å²) in [5, 5.41) is 14.2. The second kappa shape index (κ2) is 11.1. The van der Waals surface area contributed by atoms with Crippen LogP contribution in [0.5, 0.6) is 0 Å². The Kier molecular flexibility index (Phi) is 7.58. The van der Waals surface area contributed by atoms with E-state index >= 15 is 0 Å². The van der Waals surface area contributed by atoms with Crippen molar-refractivity contribution >= 4 is 46.3 Å². The first-order valence-electron chi connectivity index (χ1n) is 12.0. The number of halogens is 3. The third-order valence-corrected chi connectivity index (χ3v) is 7.55. The monoisotopic (exact) mass is 574 g/mol. The minimum Gasteiger partial charge on any atom is -0.476 e. The Hall–Kier alpha value is -3.90. The maximum absolute atomic E-state index is 14.5. The number of esters is 1. The number of amidine groups is 1. The molecule has 13 heteroatoms. The zero-order valence-corrected chi connectivity index (χ0v) is 22.0. The molecule has 2 atom stereocenters. The van der Waals surface area contributed by atoms with Crippen molar-refractivity contribution in [2.24, 2.45) is 10.9 Å². The topological polar surface area (TPSA) is 127 Å². The first kappa shape index (κ1) is 26.7. The Labute approximate surface area is 229 Å². The molecule has 0 saturated carbocycles. The van der Waals surface area contributed by atoms with Crippen molar-refractivity contribution in [3.05, 3.63) is 86.1 Å². The number of aromatic carboxylic acids is 1. The van der Waals surface area contributed by atoms with E-state index in [-0.39, 0.29) is 35.2 Å². The lowest BCUT2D eigenvalue weighted by Crippen LogP contribution is -2.37. The van der Waals surface area contributed by atoms with E-state index in [4.69, 9.17) is 25.9 Å². The van der Waals surface area contributed by atoms with Crippen molar-refractivity contribution in [2.45, 2.75) is 32.2 Å².